The summed E-state index contributed by atoms with van der Waals surface area (Å²) in [7, 11) is 0. The Morgan fingerprint density at radius 2 is 2.00 bits per heavy atom. The van der Waals surface area contributed by atoms with Crippen LogP contribution >= 0.6 is 11.8 Å². The number of carbonyl (C=O) groups is 1. The van der Waals surface area contributed by atoms with Crippen molar-refractivity contribution in [3.63, 3.8) is 0 Å². The minimum Gasteiger partial charge on any atom is -0.467 e. The molecule has 4 aromatic rings. The van der Waals surface area contributed by atoms with E-state index in [1.165, 1.54) is 23.9 Å². The number of furan rings is 1. The Kier molecular flexibility index (Phi) is 5.94. The van der Waals surface area contributed by atoms with Crippen molar-refractivity contribution in [2.45, 2.75) is 30.3 Å². The summed E-state index contributed by atoms with van der Waals surface area (Å²) in [6.45, 7) is 0.441. The monoisotopic (exact) mass is 427 g/mol. The number of aromatic nitrogens is 4. The summed E-state index contributed by atoms with van der Waals surface area (Å²) >= 11 is 1.44. The molecule has 0 aliphatic heterocycles. The summed E-state index contributed by atoms with van der Waals surface area (Å²) in [4.78, 5) is 15.6. The third-order valence-corrected chi connectivity index (χ3v) is 5.27. The Labute approximate surface area is 175 Å². The molecule has 154 valence electrons. The second-order valence-corrected chi connectivity index (χ2v) is 7.41. The highest BCUT2D eigenvalue weighted by Gasteiger charge is 2.16. The van der Waals surface area contributed by atoms with Crippen LogP contribution in [-0.2, 0) is 23.5 Å². The average Bonchev–Trinajstić information content (AvgIpc) is 3.48. The Morgan fingerprint density at radius 3 is 2.73 bits per heavy atom. The number of primary amides is 1. The summed E-state index contributed by atoms with van der Waals surface area (Å²) in [5.74, 6) is 1.61. The number of amides is 1. The van der Waals surface area contributed by atoms with E-state index >= 15 is 0 Å². The largest absolute Gasteiger partial charge is 0.467 e. The number of oxazole rings is 1. The molecule has 0 saturated heterocycles. The van der Waals surface area contributed by atoms with Gasteiger partial charge in [-0.3, -0.25) is 9.36 Å². The molecule has 0 radical (unpaired) electrons. The van der Waals surface area contributed by atoms with Crippen molar-refractivity contribution in [2.24, 2.45) is 5.73 Å². The van der Waals surface area contributed by atoms with Gasteiger partial charge in [0.2, 0.25) is 11.8 Å². The molecule has 2 N–H and O–H groups in total. The lowest BCUT2D eigenvalue weighted by Crippen LogP contribution is -2.14. The van der Waals surface area contributed by atoms with Crippen LogP contribution in [0.1, 0.15) is 23.7 Å². The quantitative estimate of drug-likeness (QED) is 0.407. The molecule has 0 saturated carbocycles. The number of rotatable bonds is 9. The number of thioether (sulfide) groups is 1. The van der Waals surface area contributed by atoms with Gasteiger partial charge in [0.15, 0.2) is 5.16 Å². The molecule has 0 atom stereocenters. The molecule has 0 spiro atoms. The fraction of sp³-hybridized carbons (Fsp3) is 0.200. The first-order valence-electron chi connectivity index (χ1n) is 9.14. The first-order valence-corrected chi connectivity index (χ1v) is 10.1. The van der Waals surface area contributed by atoms with Crippen molar-refractivity contribution >= 4 is 17.7 Å². The van der Waals surface area contributed by atoms with Crippen LogP contribution < -0.4 is 5.73 Å². The van der Waals surface area contributed by atoms with Crippen LogP contribution in [0.2, 0.25) is 0 Å². The number of carbonyl (C=O) groups excluding carboxylic acids is 1. The molecule has 8 nitrogen and oxygen atoms in total. The van der Waals surface area contributed by atoms with E-state index in [2.05, 4.69) is 15.2 Å². The third-order valence-electron chi connectivity index (χ3n) is 4.27. The second-order valence-electron chi connectivity index (χ2n) is 6.47. The van der Waals surface area contributed by atoms with E-state index in [4.69, 9.17) is 14.6 Å². The predicted molar refractivity (Wildman–Crippen MR) is 107 cm³/mol. The predicted octanol–water partition coefficient (Wildman–Crippen LogP) is 3.42. The third kappa shape index (κ3) is 4.77. The van der Waals surface area contributed by atoms with Crippen LogP contribution in [0.25, 0.3) is 11.5 Å². The minimum atomic E-state index is -0.396. The molecule has 0 aliphatic carbocycles. The normalized spacial score (nSPS) is 11.1. The molecule has 1 aromatic carbocycles. The maximum absolute atomic E-state index is 13.1. The van der Waals surface area contributed by atoms with Gasteiger partial charge in [0.25, 0.3) is 0 Å². The maximum atomic E-state index is 13.1. The zero-order valence-corrected chi connectivity index (χ0v) is 16.6. The molecule has 3 heterocycles. The highest BCUT2D eigenvalue weighted by Crippen LogP contribution is 2.25. The first-order chi connectivity index (χ1) is 14.6. The van der Waals surface area contributed by atoms with E-state index in [-0.39, 0.29) is 12.2 Å². The van der Waals surface area contributed by atoms with Crippen molar-refractivity contribution in [3.05, 3.63) is 72.0 Å². The fourth-order valence-corrected chi connectivity index (χ4v) is 3.63. The Hall–Kier alpha value is -3.40. The van der Waals surface area contributed by atoms with Gasteiger partial charge in [-0.05, 0) is 36.4 Å². The maximum Gasteiger partial charge on any atom is 0.226 e. The fourth-order valence-electron chi connectivity index (χ4n) is 2.80. The van der Waals surface area contributed by atoms with Crippen molar-refractivity contribution in [1.82, 2.24) is 19.7 Å². The number of benzene rings is 1. The van der Waals surface area contributed by atoms with Crippen LogP contribution in [0.15, 0.2) is 62.9 Å². The summed E-state index contributed by atoms with van der Waals surface area (Å²) < 4.78 is 25.9. The number of nitrogens with two attached hydrogens (primary N) is 1. The molecule has 10 heteroatoms. The Bertz CT molecular complexity index is 1120. The van der Waals surface area contributed by atoms with E-state index in [9.17, 15) is 9.18 Å². The van der Waals surface area contributed by atoms with Crippen LogP contribution in [0, 0.1) is 5.82 Å². The molecule has 0 bridgehead atoms. The van der Waals surface area contributed by atoms with Crippen LogP contribution in [0.3, 0.4) is 0 Å². The van der Waals surface area contributed by atoms with Gasteiger partial charge in [-0.15, -0.1) is 10.2 Å². The van der Waals surface area contributed by atoms with Crippen molar-refractivity contribution < 1.29 is 18.0 Å². The van der Waals surface area contributed by atoms with Gasteiger partial charge >= 0.3 is 0 Å². The van der Waals surface area contributed by atoms with Crippen LogP contribution in [0.5, 0.6) is 0 Å². The molecule has 4 rings (SSSR count). The van der Waals surface area contributed by atoms with E-state index in [0.717, 1.165) is 5.76 Å². The average molecular weight is 427 g/mol. The van der Waals surface area contributed by atoms with E-state index < -0.39 is 5.91 Å². The van der Waals surface area contributed by atoms with Crippen LogP contribution in [-0.4, -0.2) is 25.7 Å². The SMILES string of the molecule is NC(=O)CCc1nnc(SCc2coc(-c3ccc(F)cc3)n2)n1Cc1ccco1. The van der Waals surface area contributed by atoms with Gasteiger partial charge in [0.05, 0.1) is 18.5 Å². The Morgan fingerprint density at radius 1 is 1.17 bits per heavy atom. The smallest absolute Gasteiger partial charge is 0.226 e. The topological polar surface area (TPSA) is 113 Å². The molecule has 30 heavy (non-hydrogen) atoms. The number of nitrogens with zero attached hydrogens (tertiary/aromatic N) is 4. The minimum absolute atomic E-state index is 0.186. The number of halogens is 1. The van der Waals surface area contributed by atoms with Gasteiger partial charge in [-0.25, -0.2) is 9.37 Å². The lowest BCUT2D eigenvalue weighted by atomic mass is 10.2. The highest BCUT2D eigenvalue weighted by atomic mass is 32.2. The molecule has 0 aliphatic rings. The van der Waals surface area contributed by atoms with Crippen molar-refractivity contribution in [1.29, 1.82) is 0 Å². The van der Waals surface area contributed by atoms with Crippen LogP contribution in [0.4, 0.5) is 4.39 Å². The standard InChI is InChI=1S/C20H18FN5O3S/c21-14-5-3-13(4-6-14)19-23-15(11-29-19)12-30-20-25-24-18(8-7-17(22)27)26(20)10-16-2-1-9-28-16/h1-6,9,11H,7-8,10,12H2,(H2,22,27). The van der Waals surface area contributed by atoms with E-state index in [1.807, 2.05) is 16.7 Å². The summed E-state index contributed by atoms with van der Waals surface area (Å²) in [6.07, 6.45) is 3.74. The molecule has 3 aromatic heterocycles. The van der Waals surface area contributed by atoms with Gasteiger partial charge in [-0.2, -0.15) is 0 Å². The first kappa shape index (κ1) is 19.9. The number of hydrogen-bond donors (Lipinski definition) is 1. The lowest BCUT2D eigenvalue weighted by Gasteiger charge is -2.07. The van der Waals surface area contributed by atoms with Gasteiger partial charge in [-0.1, -0.05) is 11.8 Å². The molecule has 0 fully saturated rings. The van der Waals surface area contributed by atoms with Gasteiger partial charge in [0.1, 0.15) is 23.7 Å². The molecular formula is C20H18FN5O3S. The summed E-state index contributed by atoms with van der Waals surface area (Å²) in [5, 5.41) is 9.12. The zero-order valence-electron chi connectivity index (χ0n) is 15.8. The van der Waals surface area contributed by atoms with E-state index in [1.54, 1.807) is 24.7 Å². The highest BCUT2D eigenvalue weighted by molar-refractivity contribution is 7.98. The summed E-state index contributed by atoms with van der Waals surface area (Å²) in [5.41, 5.74) is 6.68. The molecular weight excluding hydrogens is 409 g/mol. The Balaban J connectivity index is 1.48. The number of aryl methyl sites for hydroxylation is 1. The molecule has 0 unspecified atom stereocenters. The zero-order chi connectivity index (χ0) is 20.9. The second kappa shape index (κ2) is 8.95. The summed E-state index contributed by atoms with van der Waals surface area (Å²) in [6, 6.07) is 9.62. The van der Waals surface area contributed by atoms with Gasteiger partial charge in [0, 0.05) is 24.2 Å². The lowest BCUT2D eigenvalue weighted by molar-refractivity contribution is -0.118. The van der Waals surface area contributed by atoms with Crippen molar-refractivity contribution in [3.8, 4) is 11.5 Å². The van der Waals surface area contributed by atoms with E-state index in [0.29, 0.717) is 46.8 Å². The van der Waals surface area contributed by atoms with Crippen molar-refractivity contribution in [2.75, 3.05) is 0 Å². The molecule has 1 amide bonds. The van der Waals surface area contributed by atoms with Gasteiger partial charge < -0.3 is 14.6 Å². The number of hydrogen-bond acceptors (Lipinski definition) is 7.